The molecule has 1 aliphatic carbocycles. The van der Waals surface area contributed by atoms with Gasteiger partial charge in [-0.1, -0.05) is 6.07 Å². The molecule has 66 valence electrons. The van der Waals surface area contributed by atoms with Gasteiger partial charge in [-0.3, -0.25) is 0 Å². The molecule has 0 N–H and O–H groups in total. The first-order chi connectivity index (χ1) is 6.22. The Hall–Kier alpha value is -0.560. The summed E-state index contributed by atoms with van der Waals surface area (Å²) >= 11 is 2.33. The summed E-state index contributed by atoms with van der Waals surface area (Å²) in [5.41, 5.74) is 3.97. The maximum absolute atomic E-state index is 8.92. The van der Waals surface area contributed by atoms with E-state index in [1.807, 2.05) is 0 Å². The van der Waals surface area contributed by atoms with Crippen LogP contribution < -0.4 is 0 Å². The molecule has 0 heterocycles. The van der Waals surface area contributed by atoms with Crippen molar-refractivity contribution in [3.05, 3.63) is 32.4 Å². The number of halogens is 1. The SMILES string of the molecule is Cc1cc2c(cc1I)C(C#N)CC2. The van der Waals surface area contributed by atoms with Crippen LogP contribution in [0.5, 0.6) is 0 Å². The standard InChI is InChI=1S/C11H10IN/c1-7-4-8-2-3-9(6-13)10(8)5-11(7)12/h4-5,9H,2-3H2,1H3. The van der Waals surface area contributed by atoms with Crippen LogP contribution in [0.25, 0.3) is 0 Å². The summed E-state index contributed by atoms with van der Waals surface area (Å²) in [4.78, 5) is 0. The van der Waals surface area contributed by atoms with E-state index < -0.39 is 0 Å². The summed E-state index contributed by atoms with van der Waals surface area (Å²) in [7, 11) is 0. The van der Waals surface area contributed by atoms with Crippen molar-refractivity contribution in [3.8, 4) is 6.07 Å². The van der Waals surface area contributed by atoms with Gasteiger partial charge >= 0.3 is 0 Å². The van der Waals surface area contributed by atoms with E-state index in [-0.39, 0.29) is 5.92 Å². The second kappa shape index (κ2) is 3.30. The summed E-state index contributed by atoms with van der Waals surface area (Å²) < 4.78 is 1.28. The molecule has 1 atom stereocenters. The highest BCUT2D eigenvalue weighted by molar-refractivity contribution is 14.1. The maximum atomic E-state index is 8.92. The van der Waals surface area contributed by atoms with Gasteiger partial charge in [-0.05, 0) is 65.1 Å². The molecule has 2 heteroatoms. The summed E-state index contributed by atoms with van der Waals surface area (Å²) in [6, 6.07) is 6.77. The molecule has 0 spiro atoms. The summed E-state index contributed by atoms with van der Waals surface area (Å²) in [5.74, 6) is 0.143. The van der Waals surface area contributed by atoms with Gasteiger partial charge in [-0.25, -0.2) is 0 Å². The molecule has 1 nitrogen and oxygen atoms in total. The van der Waals surface area contributed by atoms with Crippen molar-refractivity contribution in [2.24, 2.45) is 0 Å². The zero-order valence-electron chi connectivity index (χ0n) is 7.47. The van der Waals surface area contributed by atoms with E-state index in [9.17, 15) is 0 Å². The second-order valence-electron chi connectivity index (χ2n) is 3.52. The van der Waals surface area contributed by atoms with Gasteiger partial charge in [0.1, 0.15) is 0 Å². The Balaban J connectivity index is 2.55. The first-order valence-corrected chi connectivity index (χ1v) is 5.49. The molecule has 1 unspecified atom stereocenters. The molecule has 0 aliphatic heterocycles. The minimum atomic E-state index is 0.143. The van der Waals surface area contributed by atoms with Crippen LogP contribution >= 0.6 is 22.6 Å². The number of hydrogen-bond donors (Lipinski definition) is 0. The summed E-state index contributed by atoms with van der Waals surface area (Å²) in [5, 5.41) is 8.92. The highest BCUT2D eigenvalue weighted by Crippen LogP contribution is 2.34. The van der Waals surface area contributed by atoms with Crippen molar-refractivity contribution < 1.29 is 0 Å². The highest BCUT2D eigenvalue weighted by atomic mass is 127. The third-order valence-electron chi connectivity index (χ3n) is 2.65. The first-order valence-electron chi connectivity index (χ1n) is 4.41. The third-order valence-corrected chi connectivity index (χ3v) is 3.82. The molecule has 1 aliphatic rings. The quantitative estimate of drug-likeness (QED) is 0.671. The minimum Gasteiger partial charge on any atom is -0.198 e. The zero-order chi connectivity index (χ0) is 9.42. The molecule has 1 aromatic rings. The molecule has 0 fully saturated rings. The van der Waals surface area contributed by atoms with E-state index >= 15 is 0 Å². The molecular formula is C11H10IN. The van der Waals surface area contributed by atoms with Crippen LogP contribution in [-0.2, 0) is 6.42 Å². The maximum Gasteiger partial charge on any atom is 0.0718 e. The third kappa shape index (κ3) is 1.46. The van der Waals surface area contributed by atoms with Gasteiger partial charge in [0, 0.05) is 3.57 Å². The Morgan fingerprint density at radius 1 is 1.54 bits per heavy atom. The van der Waals surface area contributed by atoms with Crippen LogP contribution in [-0.4, -0.2) is 0 Å². The van der Waals surface area contributed by atoms with Gasteiger partial charge in [0.2, 0.25) is 0 Å². The van der Waals surface area contributed by atoms with Crippen molar-refractivity contribution >= 4 is 22.6 Å². The normalized spacial score (nSPS) is 19.6. The van der Waals surface area contributed by atoms with Crippen LogP contribution in [0.1, 0.15) is 29.0 Å². The zero-order valence-corrected chi connectivity index (χ0v) is 9.63. The van der Waals surface area contributed by atoms with Crippen molar-refractivity contribution in [2.45, 2.75) is 25.7 Å². The second-order valence-corrected chi connectivity index (χ2v) is 4.68. The molecule has 13 heavy (non-hydrogen) atoms. The molecular weight excluding hydrogens is 273 g/mol. The molecule has 0 bridgehead atoms. The number of fused-ring (bicyclic) bond motifs is 1. The van der Waals surface area contributed by atoms with E-state index in [0.717, 1.165) is 12.8 Å². The average molecular weight is 283 g/mol. The number of benzene rings is 1. The van der Waals surface area contributed by atoms with Crippen LogP contribution in [0, 0.1) is 21.8 Å². The molecule has 0 radical (unpaired) electrons. The lowest BCUT2D eigenvalue weighted by molar-refractivity contribution is 0.825. The first kappa shape index (κ1) is 9.01. The average Bonchev–Trinajstić information content (AvgIpc) is 2.48. The number of rotatable bonds is 0. The summed E-state index contributed by atoms with van der Waals surface area (Å²) in [6.07, 6.45) is 2.08. The topological polar surface area (TPSA) is 23.8 Å². The lowest BCUT2D eigenvalue weighted by Crippen LogP contribution is -1.91. The fourth-order valence-electron chi connectivity index (χ4n) is 1.89. The highest BCUT2D eigenvalue weighted by Gasteiger charge is 2.22. The van der Waals surface area contributed by atoms with Gasteiger partial charge in [0.25, 0.3) is 0 Å². The predicted molar refractivity (Wildman–Crippen MR) is 60.6 cm³/mol. The van der Waals surface area contributed by atoms with Gasteiger partial charge in [-0.15, -0.1) is 0 Å². The van der Waals surface area contributed by atoms with Crippen molar-refractivity contribution in [1.29, 1.82) is 5.26 Å². The van der Waals surface area contributed by atoms with Gasteiger partial charge < -0.3 is 0 Å². The number of nitriles is 1. The van der Waals surface area contributed by atoms with E-state index in [0.29, 0.717) is 0 Å². The molecule has 0 aromatic heterocycles. The van der Waals surface area contributed by atoms with Crippen molar-refractivity contribution in [1.82, 2.24) is 0 Å². The monoisotopic (exact) mass is 283 g/mol. The Morgan fingerprint density at radius 2 is 2.31 bits per heavy atom. The number of nitrogens with zero attached hydrogens (tertiary/aromatic N) is 1. The molecule has 0 saturated heterocycles. The van der Waals surface area contributed by atoms with Crippen LogP contribution in [0.15, 0.2) is 12.1 Å². The van der Waals surface area contributed by atoms with Crippen LogP contribution in [0.3, 0.4) is 0 Å². The van der Waals surface area contributed by atoms with Gasteiger partial charge in [-0.2, -0.15) is 5.26 Å². The lowest BCUT2D eigenvalue weighted by atomic mass is 10.0. The predicted octanol–water partition coefficient (Wildman–Crippen LogP) is 3.15. The number of hydrogen-bond acceptors (Lipinski definition) is 1. The molecule has 2 rings (SSSR count). The Morgan fingerprint density at radius 3 is 3.00 bits per heavy atom. The molecule has 0 amide bonds. The minimum absolute atomic E-state index is 0.143. The van der Waals surface area contributed by atoms with E-state index in [1.54, 1.807) is 0 Å². The van der Waals surface area contributed by atoms with E-state index in [4.69, 9.17) is 5.26 Å². The fourth-order valence-corrected chi connectivity index (χ4v) is 2.38. The fraction of sp³-hybridized carbons (Fsp3) is 0.364. The Labute approximate surface area is 91.9 Å². The molecule has 0 saturated carbocycles. The number of aryl methyl sites for hydroxylation is 2. The van der Waals surface area contributed by atoms with Crippen LogP contribution in [0.4, 0.5) is 0 Å². The van der Waals surface area contributed by atoms with Crippen molar-refractivity contribution in [2.75, 3.05) is 0 Å². The summed E-state index contributed by atoms with van der Waals surface area (Å²) in [6.45, 7) is 2.13. The Kier molecular flexibility index (Phi) is 2.29. The van der Waals surface area contributed by atoms with Crippen molar-refractivity contribution in [3.63, 3.8) is 0 Å². The largest absolute Gasteiger partial charge is 0.198 e. The smallest absolute Gasteiger partial charge is 0.0718 e. The van der Waals surface area contributed by atoms with E-state index in [1.165, 1.54) is 20.3 Å². The Bertz CT molecular complexity index is 390. The lowest BCUT2D eigenvalue weighted by Gasteiger charge is -2.05. The van der Waals surface area contributed by atoms with E-state index in [2.05, 4.69) is 47.7 Å². The molecule has 1 aromatic carbocycles. The van der Waals surface area contributed by atoms with Crippen LogP contribution in [0.2, 0.25) is 0 Å². The van der Waals surface area contributed by atoms with Gasteiger partial charge in [0.05, 0.1) is 12.0 Å². The van der Waals surface area contributed by atoms with Gasteiger partial charge in [0.15, 0.2) is 0 Å².